The van der Waals surface area contributed by atoms with Crippen LogP contribution in [-0.2, 0) is 6.54 Å². The van der Waals surface area contributed by atoms with Gasteiger partial charge in [-0.2, -0.15) is 5.26 Å². The second-order valence-corrected chi connectivity index (χ2v) is 5.63. The third-order valence-electron chi connectivity index (χ3n) is 4.31. The fourth-order valence-corrected chi connectivity index (χ4v) is 2.99. The van der Waals surface area contributed by atoms with E-state index in [9.17, 15) is 0 Å². The molecule has 1 aromatic rings. The molecule has 0 amide bonds. The summed E-state index contributed by atoms with van der Waals surface area (Å²) < 4.78 is 5.19. The van der Waals surface area contributed by atoms with E-state index in [0.717, 1.165) is 12.5 Å². The molecule has 1 aliphatic rings. The van der Waals surface area contributed by atoms with Gasteiger partial charge >= 0.3 is 0 Å². The van der Waals surface area contributed by atoms with Crippen LogP contribution < -0.4 is 4.74 Å². The summed E-state index contributed by atoms with van der Waals surface area (Å²) in [5.74, 6) is 1.56. The van der Waals surface area contributed by atoms with Crippen molar-refractivity contribution in [3.05, 3.63) is 29.3 Å². The second-order valence-electron chi connectivity index (χ2n) is 5.63. The van der Waals surface area contributed by atoms with Gasteiger partial charge < -0.3 is 4.74 Å². The predicted molar refractivity (Wildman–Crippen MR) is 80.6 cm³/mol. The van der Waals surface area contributed by atoms with Crippen molar-refractivity contribution >= 4 is 0 Å². The maximum absolute atomic E-state index is 9.15. The van der Waals surface area contributed by atoms with Crippen molar-refractivity contribution in [1.82, 2.24) is 4.90 Å². The molecule has 3 heteroatoms. The molecule has 0 radical (unpaired) electrons. The van der Waals surface area contributed by atoms with Crippen LogP contribution in [0.5, 0.6) is 5.75 Å². The zero-order valence-corrected chi connectivity index (χ0v) is 12.6. The first-order valence-corrected chi connectivity index (χ1v) is 7.56. The lowest BCUT2D eigenvalue weighted by molar-refractivity contribution is 0.272. The normalized spacial score (nSPS) is 20.1. The van der Waals surface area contributed by atoms with Gasteiger partial charge in [-0.1, -0.05) is 19.4 Å². The Morgan fingerprint density at radius 2 is 2.20 bits per heavy atom. The molecule has 0 spiro atoms. The molecular formula is C17H24N2O. The van der Waals surface area contributed by atoms with Crippen molar-refractivity contribution in [2.24, 2.45) is 5.92 Å². The van der Waals surface area contributed by atoms with Crippen LogP contribution >= 0.6 is 0 Å². The highest BCUT2D eigenvalue weighted by Gasteiger charge is 2.16. The highest BCUT2D eigenvalue weighted by atomic mass is 16.5. The molecule has 1 saturated heterocycles. The molecule has 108 valence electrons. The third-order valence-corrected chi connectivity index (χ3v) is 4.31. The molecule has 1 atom stereocenters. The summed E-state index contributed by atoms with van der Waals surface area (Å²) in [6.45, 7) is 5.58. The number of benzene rings is 1. The number of hydrogen-bond donors (Lipinski definition) is 0. The van der Waals surface area contributed by atoms with E-state index in [1.165, 1.54) is 44.3 Å². The van der Waals surface area contributed by atoms with Gasteiger partial charge in [0.25, 0.3) is 0 Å². The van der Waals surface area contributed by atoms with Gasteiger partial charge in [0, 0.05) is 6.54 Å². The van der Waals surface area contributed by atoms with Crippen LogP contribution in [0.4, 0.5) is 0 Å². The highest BCUT2D eigenvalue weighted by molar-refractivity contribution is 5.45. The lowest BCUT2D eigenvalue weighted by Gasteiger charge is -2.20. The summed E-state index contributed by atoms with van der Waals surface area (Å²) in [6, 6.07) is 8.14. The van der Waals surface area contributed by atoms with E-state index in [1.54, 1.807) is 7.11 Å². The van der Waals surface area contributed by atoms with E-state index in [-0.39, 0.29) is 0 Å². The molecule has 1 heterocycles. The average molecular weight is 272 g/mol. The molecule has 2 rings (SSSR count). The number of nitriles is 1. The predicted octanol–water partition coefficient (Wildman–Crippen LogP) is 3.58. The van der Waals surface area contributed by atoms with E-state index in [2.05, 4.69) is 24.0 Å². The number of ether oxygens (including phenoxy) is 1. The van der Waals surface area contributed by atoms with Gasteiger partial charge in [0.15, 0.2) is 0 Å². The van der Waals surface area contributed by atoms with Crippen LogP contribution in [0, 0.1) is 17.2 Å². The van der Waals surface area contributed by atoms with Gasteiger partial charge in [-0.3, -0.25) is 4.90 Å². The molecule has 0 bridgehead atoms. The summed E-state index contributed by atoms with van der Waals surface area (Å²) in [6.07, 6.45) is 5.26. The second kappa shape index (κ2) is 7.31. The van der Waals surface area contributed by atoms with Crippen LogP contribution in [0.2, 0.25) is 0 Å². The van der Waals surface area contributed by atoms with Crippen molar-refractivity contribution < 1.29 is 4.74 Å². The lowest BCUT2D eigenvalue weighted by Crippen LogP contribution is -2.24. The van der Waals surface area contributed by atoms with Crippen LogP contribution in [0.25, 0.3) is 0 Å². The molecule has 3 nitrogen and oxygen atoms in total. The smallest absolute Gasteiger partial charge is 0.136 e. The fraction of sp³-hybridized carbons (Fsp3) is 0.588. The molecular weight excluding hydrogens is 248 g/mol. The molecule has 0 saturated carbocycles. The standard InChI is InChI=1S/C17H24N2O/c1-3-14-5-4-9-19(10-8-14)13-15-6-7-17(20-2)16(11-15)12-18/h6-7,11,14H,3-5,8-10,13H2,1-2H3. The minimum Gasteiger partial charge on any atom is -0.495 e. The van der Waals surface area contributed by atoms with E-state index in [1.807, 2.05) is 12.1 Å². The van der Waals surface area contributed by atoms with Crippen molar-refractivity contribution in [2.75, 3.05) is 20.2 Å². The Labute approximate surface area is 122 Å². The largest absolute Gasteiger partial charge is 0.495 e. The number of nitrogens with zero attached hydrogens (tertiary/aromatic N) is 2. The zero-order chi connectivity index (χ0) is 14.4. The number of rotatable bonds is 4. The Hall–Kier alpha value is -1.53. The van der Waals surface area contributed by atoms with Crippen molar-refractivity contribution in [1.29, 1.82) is 5.26 Å². The fourth-order valence-electron chi connectivity index (χ4n) is 2.99. The van der Waals surface area contributed by atoms with Gasteiger partial charge in [0.2, 0.25) is 0 Å². The first kappa shape index (κ1) is 14.9. The highest BCUT2D eigenvalue weighted by Crippen LogP contribution is 2.23. The van der Waals surface area contributed by atoms with Gasteiger partial charge in [-0.15, -0.1) is 0 Å². The summed E-state index contributed by atoms with van der Waals surface area (Å²) >= 11 is 0. The molecule has 20 heavy (non-hydrogen) atoms. The van der Waals surface area contributed by atoms with Crippen LogP contribution in [0.15, 0.2) is 18.2 Å². The van der Waals surface area contributed by atoms with Crippen LogP contribution in [-0.4, -0.2) is 25.1 Å². The molecule has 1 aromatic carbocycles. The van der Waals surface area contributed by atoms with E-state index < -0.39 is 0 Å². The maximum atomic E-state index is 9.15. The Morgan fingerprint density at radius 3 is 2.90 bits per heavy atom. The molecule has 0 N–H and O–H groups in total. The summed E-state index contributed by atoms with van der Waals surface area (Å²) in [7, 11) is 1.61. The lowest BCUT2D eigenvalue weighted by atomic mass is 9.98. The number of likely N-dealkylation sites (tertiary alicyclic amines) is 1. The van der Waals surface area contributed by atoms with E-state index >= 15 is 0 Å². The topological polar surface area (TPSA) is 36.3 Å². The summed E-state index contributed by atoms with van der Waals surface area (Å²) in [4.78, 5) is 2.51. The van der Waals surface area contributed by atoms with Gasteiger partial charge in [0.05, 0.1) is 12.7 Å². The summed E-state index contributed by atoms with van der Waals surface area (Å²) in [5, 5.41) is 9.15. The van der Waals surface area contributed by atoms with Crippen LogP contribution in [0.3, 0.4) is 0 Å². The Kier molecular flexibility index (Phi) is 5.43. The molecule has 1 unspecified atom stereocenters. The van der Waals surface area contributed by atoms with Crippen molar-refractivity contribution in [2.45, 2.75) is 39.2 Å². The van der Waals surface area contributed by atoms with Crippen molar-refractivity contribution in [3.8, 4) is 11.8 Å². The van der Waals surface area contributed by atoms with Gasteiger partial charge in [0.1, 0.15) is 11.8 Å². The molecule has 0 aliphatic carbocycles. The molecule has 1 fully saturated rings. The number of methoxy groups -OCH3 is 1. The van der Waals surface area contributed by atoms with Gasteiger partial charge in [-0.25, -0.2) is 0 Å². The van der Waals surface area contributed by atoms with E-state index in [0.29, 0.717) is 11.3 Å². The first-order chi connectivity index (χ1) is 9.76. The van der Waals surface area contributed by atoms with Crippen molar-refractivity contribution in [3.63, 3.8) is 0 Å². The maximum Gasteiger partial charge on any atom is 0.136 e. The Balaban J connectivity index is 2.01. The van der Waals surface area contributed by atoms with Gasteiger partial charge in [-0.05, 0) is 56.0 Å². The minimum absolute atomic E-state index is 0.631. The third kappa shape index (κ3) is 3.74. The molecule has 0 aromatic heterocycles. The van der Waals surface area contributed by atoms with E-state index in [4.69, 9.17) is 10.00 Å². The minimum atomic E-state index is 0.631. The zero-order valence-electron chi connectivity index (χ0n) is 12.6. The molecule has 1 aliphatic heterocycles. The number of hydrogen-bond acceptors (Lipinski definition) is 3. The SMILES string of the molecule is CCC1CCCN(Cc2ccc(OC)c(C#N)c2)CC1. The Bertz CT molecular complexity index is 478. The Morgan fingerprint density at radius 1 is 1.35 bits per heavy atom. The average Bonchev–Trinajstić information content (AvgIpc) is 2.72. The summed E-state index contributed by atoms with van der Waals surface area (Å²) in [5.41, 5.74) is 1.84. The first-order valence-electron chi connectivity index (χ1n) is 7.56. The quantitative estimate of drug-likeness (QED) is 0.840. The van der Waals surface area contributed by atoms with Crippen LogP contribution in [0.1, 0.15) is 43.7 Å². The monoisotopic (exact) mass is 272 g/mol.